The number of aliphatic imine (C=N–C) groups is 1. The van der Waals surface area contributed by atoms with E-state index >= 15 is 0 Å². The van der Waals surface area contributed by atoms with Gasteiger partial charge in [0.15, 0.2) is 0 Å². The van der Waals surface area contributed by atoms with Crippen molar-refractivity contribution in [2.45, 2.75) is 39.7 Å². The molecule has 0 fully saturated rings. The summed E-state index contributed by atoms with van der Waals surface area (Å²) in [6.07, 6.45) is 1.11. The molecule has 72 valence electrons. The summed E-state index contributed by atoms with van der Waals surface area (Å²) in [6, 6.07) is 0. The molecular weight excluding hydrogens is 160 g/mol. The summed E-state index contributed by atoms with van der Waals surface area (Å²) < 4.78 is 0. The highest BCUT2D eigenvalue weighted by atomic mass is 15.2. The third-order valence-corrected chi connectivity index (χ3v) is 2.87. The van der Waals surface area contributed by atoms with E-state index in [1.165, 1.54) is 11.4 Å². The van der Waals surface area contributed by atoms with Crippen LogP contribution in [0.15, 0.2) is 16.3 Å². The average molecular weight is 178 g/mol. The van der Waals surface area contributed by atoms with E-state index in [9.17, 15) is 0 Å². The van der Waals surface area contributed by atoms with E-state index in [1.807, 2.05) is 0 Å². The van der Waals surface area contributed by atoms with E-state index in [2.05, 4.69) is 37.6 Å². The van der Waals surface area contributed by atoms with Gasteiger partial charge in [-0.15, -0.1) is 0 Å². The molecule has 0 bridgehead atoms. The lowest BCUT2D eigenvalue weighted by molar-refractivity contribution is 0.178. The molecule has 0 saturated carbocycles. The summed E-state index contributed by atoms with van der Waals surface area (Å²) in [4.78, 5) is 7.06. The SMILES string of the molecule is CC1=NC2=C(C1)CN(C(C)(C)C)C2. The van der Waals surface area contributed by atoms with E-state index < -0.39 is 0 Å². The van der Waals surface area contributed by atoms with Gasteiger partial charge in [-0.3, -0.25) is 9.89 Å². The lowest BCUT2D eigenvalue weighted by Gasteiger charge is -2.32. The molecule has 0 N–H and O–H groups in total. The van der Waals surface area contributed by atoms with E-state index in [1.54, 1.807) is 5.57 Å². The first-order valence-electron chi connectivity index (χ1n) is 4.97. The maximum atomic E-state index is 4.57. The normalized spacial score (nSPS) is 23.8. The Hall–Kier alpha value is -0.630. The molecule has 0 atom stereocenters. The van der Waals surface area contributed by atoms with Gasteiger partial charge in [0.05, 0.1) is 5.70 Å². The topological polar surface area (TPSA) is 15.6 Å². The van der Waals surface area contributed by atoms with Gasteiger partial charge < -0.3 is 0 Å². The molecule has 0 radical (unpaired) electrons. The van der Waals surface area contributed by atoms with Gasteiger partial charge in [0, 0.05) is 30.8 Å². The molecule has 13 heavy (non-hydrogen) atoms. The van der Waals surface area contributed by atoms with Crippen molar-refractivity contribution in [1.82, 2.24) is 4.90 Å². The molecule has 0 aromatic carbocycles. The highest BCUT2D eigenvalue weighted by Crippen LogP contribution is 2.31. The molecule has 2 rings (SSSR count). The molecular formula is C11H18N2. The van der Waals surface area contributed by atoms with Gasteiger partial charge in [-0.25, -0.2) is 0 Å². The summed E-state index contributed by atoms with van der Waals surface area (Å²) in [5, 5.41) is 0. The Bertz CT molecular complexity index is 292. The monoisotopic (exact) mass is 178 g/mol. The second kappa shape index (κ2) is 2.68. The number of hydrogen-bond donors (Lipinski definition) is 0. The van der Waals surface area contributed by atoms with E-state index in [-0.39, 0.29) is 5.54 Å². The molecule has 2 heteroatoms. The molecule has 0 saturated heterocycles. The number of hydrogen-bond acceptors (Lipinski definition) is 2. The molecule has 0 aromatic heterocycles. The molecule has 0 aromatic rings. The van der Waals surface area contributed by atoms with Gasteiger partial charge in [-0.2, -0.15) is 0 Å². The standard InChI is InChI=1S/C11H18N2/c1-8-5-9-6-13(11(2,3)4)7-10(9)12-8/h5-7H2,1-4H3. The van der Waals surface area contributed by atoms with Gasteiger partial charge in [0.2, 0.25) is 0 Å². The lowest BCUT2D eigenvalue weighted by Crippen LogP contribution is -2.40. The molecule has 0 aliphatic carbocycles. The molecule has 2 aliphatic rings. The van der Waals surface area contributed by atoms with Crippen LogP contribution in [0.5, 0.6) is 0 Å². The Balaban J connectivity index is 2.09. The Morgan fingerprint density at radius 2 is 1.92 bits per heavy atom. The molecule has 2 nitrogen and oxygen atoms in total. The quantitative estimate of drug-likeness (QED) is 0.555. The van der Waals surface area contributed by atoms with Crippen LogP contribution in [-0.4, -0.2) is 29.2 Å². The van der Waals surface area contributed by atoms with Crippen molar-refractivity contribution >= 4 is 5.71 Å². The van der Waals surface area contributed by atoms with Crippen LogP contribution in [-0.2, 0) is 0 Å². The predicted molar refractivity (Wildman–Crippen MR) is 56.1 cm³/mol. The van der Waals surface area contributed by atoms with Crippen molar-refractivity contribution in [2.75, 3.05) is 13.1 Å². The minimum Gasteiger partial charge on any atom is -0.289 e. The summed E-state index contributed by atoms with van der Waals surface area (Å²) in [5.74, 6) is 0. The Kier molecular flexibility index (Phi) is 1.84. The van der Waals surface area contributed by atoms with Crippen molar-refractivity contribution in [1.29, 1.82) is 0 Å². The molecule has 0 amide bonds. The lowest BCUT2D eigenvalue weighted by atomic mass is 10.1. The summed E-state index contributed by atoms with van der Waals surface area (Å²) in [5.41, 5.74) is 4.46. The van der Waals surface area contributed by atoms with Gasteiger partial charge in [-0.05, 0) is 33.3 Å². The van der Waals surface area contributed by atoms with Crippen LogP contribution >= 0.6 is 0 Å². The molecule has 0 spiro atoms. The van der Waals surface area contributed by atoms with Crippen LogP contribution in [0.25, 0.3) is 0 Å². The van der Waals surface area contributed by atoms with Crippen molar-refractivity contribution in [2.24, 2.45) is 4.99 Å². The molecule has 2 heterocycles. The van der Waals surface area contributed by atoms with Crippen LogP contribution < -0.4 is 0 Å². The predicted octanol–water partition coefficient (Wildman–Crippen LogP) is 2.22. The zero-order valence-corrected chi connectivity index (χ0v) is 9.02. The highest BCUT2D eigenvalue weighted by molar-refractivity contribution is 5.88. The van der Waals surface area contributed by atoms with Crippen LogP contribution in [0.4, 0.5) is 0 Å². The first-order chi connectivity index (χ1) is 5.97. The minimum absolute atomic E-state index is 0.285. The highest BCUT2D eigenvalue weighted by Gasteiger charge is 2.31. The fraction of sp³-hybridized carbons (Fsp3) is 0.727. The van der Waals surface area contributed by atoms with E-state index in [0.717, 1.165) is 19.5 Å². The van der Waals surface area contributed by atoms with Crippen LogP contribution in [0.2, 0.25) is 0 Å². The van der Waals surface area contributed by atoms with Crippen molar-refractivity contribution in [3.8, 4) is 0 Å². The largest absolute Gasteiger partial charge is 0.289 e. The zero-order valence-electron chi connectivity index (χ0n) is 9.02. The number of rotatable bonds is 0. The molecule has 0 unspecified atom stereocenters. The van der Waals surface area contributed by atoms with Crippen LogP contribution in [0, 0.1) is 0 Å². The second-order valence-electron chi connectivity index (χ2n) is 5.10. The van der Waals surface area contributed by atoms with Gasteiger partial charge in [0.1, 0.15) is 0 Å². The molecule has 2 aliphatic heterocycles. The van der Waals surface area contributed by atoms with Gasteiger partial charge in [-0.1, -0.05) is 0 Å². The summed E-state index contributed by atoms with van der Waals surface area (Å²) >= 11 is 0. The summed E-state index contributed by atoms with van der Waals surface area (Å²) in [7, 11) is 0. The van der Waals surface area contributed by atoms with E-state index in [4.69, 9.17) is 0 Å². The zero-order chi connectivity index (χ0) is 9.64. The minimum atomic E-state index is 0.285. The third kappa shape index (κ3) is 1.55. The maximum absolute atomic E-state index is 4.57. The van der Waals surface area contributed by atoms with Crippen molar-refractivity contribution in [3.63, 3.8) is 0 Å². The van der Waals surface area contributed by atoms with Gasteiger partial charge >= 0.3 is 0 Å². The smallest absolute Gasteiger partial charge is 0.0552 e. The second-order valence-corrected chi connectivity index (χ2v) is 5.10. The first-order valence-corrected chi connectivity index (χ1v) is 4.97. The average Bonchev–Trinajstić information content (AvgIpc) is 2.40. The Morgan fingerprint density at radius 1 is 1.23 bits per heavy atom. The third-order valence-electron chi connectivity index (χ3n) is 2.87. The fourth-order valence-electron chi connectivity index (χ4n) is 2.00. The van der Waals surface area contributed by atoms with Crippen molar-refractivity contribution in [3.05, 3.63) is 11.3 Å². The Morgan fingerprint density at radius 3 is 2.46 bits per heavy atom. The maximum Gasteiger partial charge on any atom is 0.0552 e. The fourth-order valence-corrected chi connectivity index (χ4v) is 2.00. The van der Waals surface area contributed by atoms with Gasteiger partial charge in [0.25, 0.3) is 0 Å². The summed E-state index contributed by atoms with van der Waals surface area (Å²) in [6.45, 7) is 11.1. The van der Waals surface area contributed by atoms with Crippen LogP contribution in [0.1, 0.15) is 34.1 Å². The number of nitrogens with zero attached hydrogens (tertiary/aromatic N) is 2. The first kappa shape index (κ1) is 8.95. The Labute approximate surface area is 80.3 Å². The van der Waals surface area contributed by atoms with Crippen LogP contribution in [0.3, 0.4) is 0 Å². The van der Waals surface area contributed by atoms with E-state index in [0.29, 0.717) is 0 Å². The van der Waals surface area contributed by atoms with Crippen molar-refractivity contribution < 1.29 is 0 Å².